The van der Waals surface area contributed by atoms with Crippen LogP contribution in [-0.4, -0.2) is 26.3 Å². The number of aromatic nitrogens is 4. The SMILES string of the molecule is C.CC(=O)Nc1cc(Cl)c(Oc2cc(C(C)C)c(=O)[nH]n2)c(Cl)c1.Cc1cc(Cl)c(Oc2cc(C(C)C)c(=O)[nH]n2)c(Cl)c1. The Morgan fingerprint density at radius 2 is 1.09 bits per heavy atom. The Morgan fingerprint density at radius 3 is 1.43 bits per heavy atom. The van der Waals surface area contributed by atoms with Crippen LogP contribution in [0.1, 0.15) is 70.6 Å². The maximum atomic E-state index is 11.7. The fourth-order valence-corrected chi connectivity index (χ4v) is 4.93. The second kappa shape index (κ2) is 15.9. The molecule has 2 heterocycles. The first-order valence-electron chi connectivity index (χ1n) is 12.9. The van der Waals surface area contributed by atoms with Crippen molar-refractivity contribution in [1.82, 2.24) is 20.4 Å². The highest BCUT2D eigenvalue weighted by atomic mass is 35.5. The molecule has 0 aliphatic heterocycles. The van der Waals surface area contributed by atoms with Gasteiger partial charge < -0.3 is 14.8 Å². The molecule has 10 nitrogen and oxygen atoms in total. The van der Waals surface area contributed by atoms with Crippen LogP contribution in [0, 0.1) is 6.92 Å². The number of nitrogens with one attached hydrogen (secondary N) is 3. The van der Waals surface area contributed by atoms with Gasteiger partial charge in [-0.3, -0.25) is 14.4 Å². The third-order valence-electron chi connectivity index (χ3n) is 5.74. The van der Waals surface area contributed by atoms with E-state index in [1.165, 1.54) is 25.1 Å². The van der Waals surface area contributed by atoms with E-state index in [1.54, 1.807) is 18.2 Å². The summed E-state index contributed by atoms with van der Waals surface area (Å²) in [6.45, 7) is 10.9. The van der Waals surface area contributed by atoms with Gasteiger partial charge in [-0.25, -0.2) is 10.2 Å². The predicted molar refractivity (Wildman–Crippen MR) is 177 cm³/mol. The van der Waals surface area contributed by atoms with Gasteiger partial charge in [0.1, 0.15) is 0 Å². The van der Waals surface area contributed by atoms with E-state index >= 15 is 0 Å². The van der Waals surface area contributed by atoms with Gasteiger partial charge in [0, 0.05) is 35.9 Å². The van der Waals surface area contributed by atoms with E-state index in [1.807, 2.05) is 34.6 Å². The van der Waals surface area contributed by atoms with Crippen molar-refractivity contribution in [3.05, 3.63) is 93.9 Å². The average molecular weight is 685 g/mol. The number of ether oxygens (including phenoxy) is 2. The molecule has 0 aliphatic rings. The zero-order valence-electron chi connectivity index (χ0n) is 24.1. The van der Waals surface area contributed by atoms with Gasteiger partial charge in [0.15, 0.2) is 11.5 Å². The lowest BCUT2D eigenvalue weighted by atomic mass is 10.1. The number of rotatable bonds is 7. The highest BCUT2D eigenvalue weighted by Crippen LogP contribution is 2.39. The minimum absolute atomic E-state index is 0. The Morgan fingerprint density at radius 1 is 0.727 bits per heavy atom. The maximum Gasteiger partial charge on any atom is 0.267 e. The van der Waals surface area contributed by atoms with Gasteiger partial charge >= 0.3 is 0 Å². The number of amides is 1. The number of anilines is 1. The number of benzene rings is 2. The lowest BCUT2D eigenvalue weighted by Gasteiger charge is -2.12. The zero-order chi connectivity index (χ0) is 32.0. The van der Waals surface area contributed by atoms with E-state index < -0.39 is 0 Å². The van der Waals surface area contributed by atoms with Crippen molar-refractivity contribution in [2.45, 2.75) is 60.8 Å². The van der Waals surface area contributed by atoms with Crippen LogP contribution in [0.4, 0.5) is 5.69 Å². The van der Waals surface area contributed by atoms with E-state index in [4.69, 9.17) is 55.9 Å². The fourth-order valence-electron chi connectivity index (χ4n) is 3.69. The van der Waals surface area contributed by atoms with Crippen molar-refractivity contribution in [3.8, 4) is 23.3 Å². The van der Waals surface area contributed by atoms with Crippen LogP contribution >= 0.6 is 46.4 Å². The molecule has 0 spiro atoms. The van der Waals surface area contributed by atoms with Gasteiger partial charge in [0.2, 0.25) is 17.7 Å². The second-order valence-electron chi connectivity index (χ2n) is 10.0. The number of H-pyrrole nitrogens is 2. The van der Waals surface area contributed by atoms with E-state index in [0.717, 1.165) is 5.56 Å². The molecule has 1 amide bonds. The van der Waals surface area contributed by atoms with Crippen LogP contribution < -0.4 is 25.9 Å². The number of aromatic amines is 2. The second-order valence-corrected chi connectivity index (χ2v) is 11.6. The molecular formula is C30H33Cl4N5O5. The Hall–Kier alpha value is -3.57. The Balaban J connectivity index is 0.000000303. The zero-order valence-corrected chi connectivity index (χ0v) is 27.1. The van der Waals surface area contributed by atoms with Crippen LogP contribution in [0.3, 0.4) is 0 Å². The molecule has 0 atom stereocenters. The van der Waals surface area contributed by atoms with Gasteiger partial charge in [-0.15, -0.1) is 10.2 Å². The number of halogens is 4. The average Bonchev–Trinajstić information content (AvgIpc) is 2.89. The topological polar surface area (TPSA) is 139 Å². The number of aryl methyl sites for hydroxylation is 1. The first kappa shape index (κ1) is 36.6. The van der Waals surface area contributed by atoms with Crippen molar-refractivity contribution in [2.75, 3.05) is 5.32 Å². The normalized spacial score (nSPS) is 10.5. The molecule has 0 saturated carbocycles. The van der Waals surface area contributed by atoms with Gasteiger partial charge in [-0.1, -0.05) is 81.5 Å². The van der Waals surface area contributed by atoms with Crippen LogP contribution in [0.15, 0.2) is 46.0 Å². The Kier molecular flexibility index (Phi) is 13.3. The monoisotopic (exact) mass is 683 g/mol. The van der Waals surface area contributed by atoms with Crippen molar-refractivity contribution < 1.29 is 14.3 Å². The van der Waals surface area contributed by atoms with Crippen molar-refractivity contribution in [1.29, 1.82) is 0 Å². The molecule has 0 saturated heterocycles. The number of hydrogen-bond acceptors (Lipinski definition) is 7. The summed E-state index contributed by atoms with van der Waals surface area (Å²) in [5, 5.41) is 16.2. The summed E-state index contributed by atoms with van der Waals surface area (Å²) in [4.78, 5) is 34.4. The van der Waals surface area contributed by atoms with Gasteiger partial charge in [-0.05, 0) is 48.6 Å². The molecule has 14 heteroatoms. The third-order valence-corrected chi connectivity index (χ3v) is 6.86. The maximum absolute atomic E-state index is 11.7. The molecule has 236 valence electrons. The highest BCUT2D eigenvalue weighted by molar-refractivity contribution is 6.38. The van der Waals surface area contributed by atoms with E-state index in [0.29, 0.717) is 32.6 Å². The van der Waals surface area contributed by atoms with Crippen LogP contribution in [0.25, 0.3) is 0 Å². The summed E-state index contributed by atoms with van der Waals surface area (Å²) >= 11 is 24.5. The number of carbonyl (C=O) groups excluding carboxylic acids is 1. The minimum atomic E-state index is -0.273. The summed E-state index contributed by atoms with van der Waals surface area (Å²) in [7, 11) is 0. The lowest BCUT2D eigenvalue weighted by molar-refractivity contribution is -0.114. The highest BCUT2D eigenvalue weighted by Gasteiger charge is 2.15. The molecule has 4 rings (SSSR count). The summed E-state index contributed by atoms with van der Waals surface area (Å²) in [6, 6.07) is 9.65. The van der Waals surface area contributed by atoms with Gasteiger partial charge in [0.25, 0.3) is 11.1 Å². The summed E-state index contributed by atoms with van der Waals surface area (Å²) in [5.74, 6) is 0.773. The van der Waals surface area contributed by atoms with Gasteiger partial charge in [0.05, 0.1) is 20.1 Å². The lowest BCUT2D eigenvalue weighted by Crippen LogP contribution is -2.15. The van der Waals surface area contributed by atoms with Crippen molar-refractivity contribution in [3.63, 3.8) is 0 Å². The van der Waals surface area contributed by atoms with E-state index in [-0.39, 0.29) is 63.8 Å². The fraction of sp³-hybridized carbons (Fsp3) is 0.300. The molecule has 2 aromatic carbocycles. The molecule has 3 N–H and O–H groups in total. The van der Waals surface area contributed by atoms with E-state index in [2.05, 4.69) is 25.7 Å². The number of carbonyl (C=O) groups is 1. The molecule has 0 unspecified atom stereocenters. The van der Waals surface area contributed by atoms with Crippen LogP contribution in [0.5, 0.6) is 23.3 Å². The van der Waals surface area contributed by atoms with Crippen LogP contribution in [-0.2, 0) is 4.79 Å². The van der Waals surface area contributed by atoms with Crippen LogP contribution in [0.2, 0.25) is 20.1 Å². The smallest absolute Gasteiger partial charge is 0.267 e. The first-order chi connectivity index (χ1) is 20.2. The van der Waals surface area contributed by atoms with Gasteiger partial charge in [-0.2, -0.15) is 0 Å². The Labute approximate surface area is 275 Å². The Bertz CT molecular complexity index is 1710. The minimum Gasteiger partial charge on any atom is -0.434 e. The predicted octanol–water partition coefficient (Wildman–Crippen LogP) is 8.89. The molecule has 0 aliphatic carbocycles. The quantitative estimate of drug-likeness (QED) is 0.177. The van der Waals surface area contributed by atoms with E-state index in [9.17, 15) is 14.4 Å². The standard InChI is InChI=1S/C15H15Cl2N3O3.C14H14Cl2N2O2.CH4/c1-7(2)10-6-13(19-20-15(10)22)23-14-11(16)4-9(5-12(14)17)18-8(3)21;1-7(2)9-6-12(17-18-14(9)19)20-13-10(15)4-8(3)5-11(13)16;/h4-7H,1-3H3,(H,18,21)(H,20,22);4-7H,1-3H3,(H,18,19);1H4. The molecule has 0 radical (unpaired) electrons. The molecule has 44 heavy (non-hydrogen) atoms. The number of nitrogens with zero attached hydrogens (tertiary/aromatic N) is 2. The van der Waals surface area contributed by atoms with Crippen molar-refractivity contribution >= 4 is 58.0 Å². The van der Waals surface area contributed by atoms with Crippen molar-refractivity contribution in [2.24, 2.45) is 0 Å². The number of hydrogen-bond donors (Lipinski definition) is 3. The summed E-state index contributed by atoms with van der Waals surface area (Å²) < 4.78 is 11.2. The molecular weight excluding hydrogens is 652 g/mol. The molecule has 0 bridgehead atoms. The third kappa shape index (κ3) is 9.72. The molecule has 4 aromatic rings. The molecule has 0 fully saturated rings. The molecule has 2 aromatic heterocycles. The summed E-state index contributed by atoms with van der Waals surface area (Å²) in [5.41, 5.74) is 2.02. The summed E-state index contributed by atoms with van der Waals surface area (Å²) in [6.07, 6.45) is 0. The first-order valence-corrected chi connectivity index (χ1v) is 14.4. The largest absolute Gasteiger partial charge is 0.434 e.